The SMILES string of the molecule is COC(=O)C1CCN(Cc2cc(F)cc(Br)c2)CC1. The van der Waals surface area contributed by atoms with Crippen LogP contribution in [0, 0.1) is 11.7 Å². The highest BCUT2D eigenvalue weighted by Crippen LogP contribution is 2.21. The Morgan fingerprint density at radius 1 is 1.42 bits per heavy atom. The molecule has 0 aromatic heterocycles. The maximum Gasteiger partial charge on any atom is 0.308 e. The van der Waals surface area contributed by atoms with Crippen LogP contribution in [0.25, 0.3) is 0 Å². The molecule has 1 saturated heterocycles. The first-order valence-corrected chi connectivity index (χ1v) is 7.13. The van der Waals surface area contributed by atoms with Crippen LogP contribution in [0.3, 0.4) is 0 Å². The second kappa shape index (κ2) is 6.48. The number of methoxy groups -OCH3 is 1. The third-order valence-electron chi connectivity index (χ3n) is 3.45. The van der Waals surface area contributed by atoms with E-state index in [9.17, 15) is 9.18 Å². The zero-order valence-electron chi connectivity index (χ0n) is 10.9. The van der Waals surface area contributed by atoms with Crippen molar-refractivity contribution in [2.45, 2.75) is 19.4 Å². The minimum absolute atomic E-state index is 0.0143. The molecule has 1 aliphatic rings. The van der Waals surface area contributed by atoms with Crippen molar-refractivity contribution in [3.63, 3.8) is 0 Å². The normalized spacial score (nSPS) is 17.4. The number of benzene rings is 1. The van der Waals surface area contributed by atoms with Gasteiger partial charge in [-0.1, -0.05) is 15.9 Å². The number of esters is 1. The monoisotopic (exact) mass is 329 g/mol. The van der Waals surface area contributed by atoms with Gasteiger partial charge in [0.05, 0.1) is 13.0 Å². The minimum atomic E-state index is -0.228. The first-order chi connectivity index (χ1) is 9.08. The molecule has 1 heterocycles. The van der Waals surface area contributed by atoms with E-state index in [2.05, 4.69) is 20.8 Å². The average Bonchev–Trinajstić information content (AvgIpc) is 2.37. The summed E-state index contributed by atoms with van der Waals surface area (Å²) in [7, 11) is 1.43. The van der Waals surface area contributed by atoms with E-state index in [1.807, 2.05) is 6.07 Å². The second-order valence-electron chi connectivity index (χ2n) is 4.85. The average molecular weight is 330 g/mol. The number of nitrogens with zero attached hydrogens (tertiary/aromatic N) is 1. The van der Waals surface area contributed by atoms with Gasteiger partial charge in [-0.3, -0.25) is 9.69 Å². The molecule has 1 aromatic carbocycles. The zero-order valence-corrected chi connectivity index (χ0v) is 12.5. The van der Waals surface area contributed by atoms with Crippen molar-refractivity contribution in [1.29, 1.82) is 0 Å². The third-order valence-corrected chi connectivity index (χ3v) is 3.91. The van der Waals surface area contributed by atoms with Crippen LogP contribution in [0.15, 0.2) is 22.7 Å². The molecule has 1 aromatic rings. The Kier molecular flexibility index (Phi) is 4.93. The van der Waals surface area contributed by atoms with Gasteiger partial charge in [-0.15, -0.1) is 0 Å². The summed E-state index contributed by atoms with van der Waals surface area (Å²) in [6, 6.07) is 4.93. The van der Waals surface area contributed by atoms with E-state index in [-0.39, 0.29) is 17.7 Å². The number of carbonyl (C=O) groups is 1. The van der Waals surface area contributed by atoms with Gasteiger partial charge in [0.15, 0.2) is 0 Å². The first kappa shape index (κ1) is 14.5. The number of ether oxygens (including phenoxy) is 1. The number of likely N-dealkylation sites (tertiary alicyclic amines) is 1. The van der Waals surface area contributed by atoms with Gasteiger partial charge in [0.2, 0.25) is 0 Å². The van der Waals surface area contributed by atoms with E-state index in [4.69, 9.17) is 4.74 Å². The predicted octanol–water partition coefficient (Wildman–Crippen LogP) is 2.97. The van der Waals surface area contributed by atoms with Gasteiger partial charge in [0.25, 0.3) is 0 Å². The zero-order chi connectivity index (χ0) is 13.8. The maximum atomic E-state index is 13.3. The molecule has 0 saturated carbocycles. The summed E-state index contributed by atoms with van der Waals surface area (Å²) in [5.74, 6) is -0.331. The fourth-order valence-corrected chi connectivity index (χ4v) is 2.97. The Balaban J connectivity index is 1.90. The molecule has 104 valence electrons. The van der Waals surface area contributed by atoms with E-state index in [1.54, 1.807) is 6.07 Å². The first-order valence-electron chi connectivity index (χ1n) is 6.33. The lowest BCUT2D eigenvalue weighted by molar-refractivity contribution is -0.147. The van der Waals surface area contributed by atoms with Crippen molar-refractivity contribution in [2.75, 3.05) is 20.2 Å². The van der Waals surface area contributed by atoms with Crippen LogP contribution in [0.4, 0.5) is 4.39 Å². The minimum Gasteiger partial charge on any atom is -0.469 e. The molecule has 19 heavy (non-hydrogen) atoms. The van der Waals surface area contributed by atoms with Crippen LogP contribution >= 0.6 is 15.9 Å². The van der Waals surface area contributed by atoms with Gasteiger partial charge in [-0.25, -0.2) is 4.39 Å². The number of halogens is 2. The highest BCUT2D eigenvalue weighted by atomic mass is 79.9. The molecule has 0 aliphatic carbocycles. The number of carbonyl (C=O) groups excluding carboxylic acids is 1. The van der Waals surface area contributed by atoms with Crippen molar-refractivity contribution < 1.29 is 13.9 Å². The molecule has 1 aliphatic heterocycles. The van der Waals surface area contributed by atoms with Gasteiger partial charge in [-0.2, -0.15) is 0 Å². The Morgan fingerprint density at radius 3 is 2.68 bits per heavy atom. The quantitative estimate of drug-likeness (QED) is 0.798. The summed E-state index contributed by atoms with van der Waals surface area (Å²) in [5, 5.41) is 0. The number of piperidine rings is 1. The molecule has 0 N–H and O–H groups in total. The third kappa shape index (κ3) is 4.01. The molecule has 1 fully saturated rings. The van der Waals surface area contributed by atoms with Gasteiger partial charge in [0.1, 0.15) is 5.82 Å². The van der Waals surface area contributed by atoms with E-state index in [0.717, 1.165) is 36.0 Å². The van der Waals surface area contributed by atoms with Crippen LogP contribution < -0.4 is 0 Å². The molecular weight excluding hydrogens is 313 g/mol. The molecule has 0 atom stereocenters. The summed E-state index contributed by atoms with van der Waals surface area (Å²) in [6.45, 7) is 2.39. The standard InChI is InChI=1S/C14H17BrFNO2/c1-19-14(18)11-2-4-17(5-3-11)9-10-6-12(15)8-13(16)7-10/h6-8,11H,2-5,9H2,1H3. The summed E-state index contributed by atoms with van der Waals surface area (Å²) < 4.78 is 18.8. The van der Waals surface area contributed by atoms with Crippen molar-refractivity contribution in [3.8, 4) is 0 Å². The van der Waals surface area contributed by atoms with Crippen LogP contribution in [0.1, 0.15) is 18.4 Å². The molecule has 3 nitrogen and oxygen atoms in total. The number of rotatable bonds is 3. The van der Waals surface area contributed by atoms with E-state index in [0.29, 0.717) is 6.54 Å². The predicted molar refractivity (Wildman–Crippen MR) is 74.1 cm³/mol. The fourth-order valence-electron chi connectivity index (χ4n) is 2.45. The lowest BCUT2D eigenvalue weighted by Gasteiger charge is -2.30. The Morgan fingerprint density at radius 2 is 2.11 bits per heavy atom. The van der Waals surface area contributed by atoms with E-state index in [1.165, 1.54) is 13.2 Å². The van der Waals surface area contributed by atoms with Gasteiger partial charge in [0, 0.05) is 11.0 Å². The highest BCUT2D eigenvalue weighted by Gasteiger charge is 2.25. The number of hydrogen-bond acceptors (Lipinski definition) is 3. The lowest BCUT2D eigenvalue weighted by atomic mass is 9.96. The smallest absolute Gasteiger partial charge is 0.308 e. The van der Waals surface area contributed by atoms with Gasteiger partial charge in [-0.05, 0) is 49.7 Å². The Labute approximate surface area is 120 Å². The molecule has 0 amide bonds. The highest BCUT2D eigenvalue weighted by molar-refractivity contribution is 9.10. The summed E-state index contributed by atoms with van der Waals surface area (Å²) in [4.78, 5) is 13.7. The van der Waals surface area contributed by atoms with Crippen LogP contribution in [-0.4, -0.2) is 31.1 Å². The van der Waals surface area contributed by atoms with Crippen molar-refractivity contribution in [1.82, 2.24) is 4.90 Å². The number of hydrogen-bond donors (Lipinski definition) is 0. The summed E-state index contributed by atoms with van der Waals surface area (Å²) >= 11 is 3.30. The van der Waals surface area contributed by atoms with Crippen LogP contribution in [0.2, 0.25) is 0 Å². The molecular formula is C14H17BrFNO2. The van der Waals surface area contributed by atoms with Crippen molar-refractivity contribution >= 4 is 21.9 Å². The molecule has 0 bridgehead atoms. The molecule has 2 rings (SSSR count). The van der Waals surface area contributed by atoms with Gasteiger partial charge < -0.3 is 4.74 Å². The Hall–Kier alpha value is -0.940. The molecule has 0 spiro atoms. The fraction of sp³-hybridized carbons (Fsp3) is 0.500. The van der Waals surface area contributed by atoms with E-state index < -0.39 is 0 Å². The summed E-state index contributed by atoms with van der Waals surface area (Å²) in [6.07, 6.45) is 1.62. The van der Waals surface area contributed by atoms with Crippen molar-refractivity contribution in [2.24, 2.45) is 5.92 Å². The largest absolute Gasteiger partial charge is 0.469 e. The van der Waals surface area contributed by atoms with Crippen LogP contribution in [0.5, 0.6) is 0 Å². The molecule has 0 radical (unpaired) electrons. The van der Waals surface area contributed by atoms with E-state index >= 15 is 0 Å². The molecule has 0 unspecified atom stereocenters. The second-order valence-corrected chi connectivity index (χ2v) is 5.77. The topological polar surface area (TPSA) is 29.5 Å². The maximum absolute atomic E-state index is 13.3. The summed E-state index contributed by atoms with van der Waals surface area (Å²) in [5.41, 5.74) is 0.948. The Bertz CT molecular complexity index is 439. The van der Waals surface area contributed by atoms with Gasteiger partial charge >= 0.3 is 5.97 Å². The van der Waals surface area contributed by atoms with Crippen molar-refractivity contribution in [3.05, 3.63) is 34.1 Å². The lowest BCUT2D eigenvalue weighted by Crippen LogP contribution is -2.36. The van der Waals surface area contributed by atoms with Crippen LogP contribution in [-0.2, 0) is 16.1 Å². The molecule has 5 heteroatoms.